The highest BCUT2D eigenvalue weighted by molar-refractivity contribution is 7.07. The monoisotopic (exact) mass is 559 g/mol. The van der Waals surface area contributed by atoms with Crippen molar-refractivity contribution < 1.29 is 18.7 Å². The molecule has 7 nitrogen and oxygen atoms in total. The van der Waals surface area contributed by atoms with Crippen molar-refractivity contribution in [2.75, 3.05) is 13.2 Å². The molecule has 1 aliphatic heterocycles. The van der Waals surface area contributed by atoms with Crippen LogP contribution in [0.4, 0.5) is 4.39 Å². The number of ether oxygens (including phenoxy) is 2. The van der Waals surface area contributed by atoms with E-state index >= 15 is 0 Å². The van der Waals surface area contributed by atoms with E-state index in [1.54, 1.807) is 30.5 Å². The lowest BCUT2D eigenvalue weighted by molar-refractivity contribution is -0.139. The minimum atomic E-state index is -0.758. The number of aryl methyl sites for hydroxylation is 1. The fourth-order valence-corrected chi connectivity index (χ4v) is 6.18. The third-order valence-electron chi connectivity index (χ3n) is 6.87. The fourth-order valence-electron chi connectivity index (χ4n) is 5.14. The van der Waals surface area contributed by atoms with Gasteiger partial charge >= 0.3 is 5.97 Å². The fraction of sp³-hybridized carbons (Fsp3) is 0.258. The van der Waals surface area contributed by atoms with E-state index in [0.717, 1.165) is 22.6 Å². The first-order valence-corrected chi connectivity index (χ1v) is 13.9. The Morgan fingerprint density at radius 2 is 1.80 bits per heavy atom. The average Bonchev–Trinajstić information content (AvgIpc) is 3.38. The van der Waals surface area contributed by atoms with Crippen molar-refractivity contribution in [3.8, 4) is 11.4 Å². The maximum Gasteiger partial charge on any atom is 0.338 e. The molecule has 206 valence electrons. The lowest BCUT2D eigenvalue weighted by Crippen LogP contribution is -2.40. The Bertz CT molecular complexity index is 1810. The van der Waals surface area contributed by atoms with Crippen LogP contribution in [0.3, 0.4) is 0 Å². The van der Waals surface area contributed by atoms with E-state index in [2.05, 4.69) is 4.99 Å². The molecule has 4 aromatic rings. The van der Waals surface area contributed by atoms with Crippen LogP contribution >= 0.6 is 11.3 Å². The topological polar surface area (TPSA) is 74.8 Å². The molecule has 0 spiro atoms. The van der Waals surface area contributed by atoms with Gasteiger partial charge in [0, 0.05) is 22.6 Å². The summed E-state index contributed by atoms with van der Waals surface area (Å²) in [5.74, 6) is -0.230. The Morgan fingerprint density at radius 1 is 1.07 bits per heavy atom. The van der Waals surface area contributed by atoms with Crippen molar-refractivity contribution in [1.29, 1.82) is 0 Å². The van der Waals surface area contributed by atoms with Gasteiger partial charge in [-0.3, -0.25) is 9.36 Å². The number of para-hydroxylation sites is 1. The van der Waals surface area contributed by atoms with Crippen LogP contribution in [0.2, 0.25) is 0 Å². The number of allylic oxidation sites excluding steroid dienone is 1. The van der Waals surface area contributed by atoms with Crippen LogP contribution in [-0.2, 0) is 9.53 Å². The van der Waals surface area contributed by atoms with Gasteiger partial charge in [0.05, 0.1) is 29.0 Å². The molecule has 40 heavy (non-hydrogen) atoms. The largest absolute Gasteiger partial charge is 0.494 e. The van der Waals surface area contributed by atoms with Crippen LogP contribution in [0.5, 0.6) is 5.75 Å². The van der Waals surface area contributed by atoms with Gasteiger partial charge in [-0.05, 0) is 82.7 Å². The van der Waals surface area contributed by atoms with Gasteiger partial charge in [-0.25, -0.2) is 14.2 Å². The van der Waals surface area contributed by atoms with E-state index < -0.39 is 12.0 Å². The number of thiazole rings is 1. The third-order valence-corrected chi connectivity index (χ3v) is 7.86. The minimum absolute atomic E-state index is 0.198. The number of rotatable bonds is 7. The van der Waals surface area contributed by atoms with Crippen LogP contribution in [0.15, 0.2) is 75.7 Å². The Kier molecular flexibility index (Phi) is 7.58. The second-order valence-corrected chi connectivity index (χ2v) is 10.4. The molecule has 0 amide bonds. The molecule has 0 unspecified atom stereocenters. The van der Waals surface area contributed by atoms with Crippen molar-refractivity contribution in [3.63, 3.8) is 0 Å². The number of hydrogen-bond acceptors (Lipinski definition) is 6. The van der Waals surface area contributed by atoms with Crippen molar-refractivity contribution in [3.05, 3.63) is 114 Å². The molecular weight excluding hydrogens is 529 g/mol. The molecule has 0 bridgehead atoms. The zero-order chi connectivity index (χ0) is 28.6. The number of fused-ring (bicyclic) bond motifs is 1. The summed E-state index contributed by atoms with van der Waals surface area (Å²) < 4.78 is 28.9. The number of hydrogen-bond donors (Lipinski definition) is 0. The first kappa shape index (κ1) is 27.3. The molecule has 0 radical (unpaired) electrons. The Morgan fingerprint density at radius 3 is 2.50 bits per heavy atom. The average molecular weight is 560 g/mol. The molecule has 5 rings (SSSR count). The number of halogens is 1. The molecule has 9 heteroatoms. The van der Waals surface area contributed by atoms with Gasteiger partial charge in [-0.15, -0.1) is 0 Å². The number of aromatic nitrogens is 2. The highest BCUT2D eigenvalue weighted by Crippen LogP contribution is 2.35. The maximum atomic E-state index is 14.0. The van der Waals surface area contributed by atoms with Crippen LogP contribution < -0.4 is 19.6 Å². The summed E-state index contributed by atoms with van der Waals surface area (Å²) in [7, 11) is 0. The molecule has 0 N–H and O–H groups in total. The molecular formula is C31H30FN3O4S. The smallest absolute Gasteiger partial charge is 0.338 e. The summed E-state index contributed by atoms with van der Waals surface area (Å²) >= 11 is 1.27. The lowest BCUT2D eigenvalue weighted by Gasteiger charge is -2.26. The molecule has 0 aliphatic carbocycles. The van der Waals surface area contributed by atoms with Crippen molar-refractivity contribution in [1.82, 2.24) is 9.13 Å². The molecule has 0 fully saturated rings. The summed E-state index contributed by atoms with van der Waals surface area (Å²) in [6, 6.07) is 14.9. The second-order valence-electron chi connectivity index (χ2n) is 9.41. The van der Waals surface area contributed by atoms with Crippen LogP contribution in [0.25, 0.3) is 11.8 Å². The molecule has 0 saturated heterocycles. The van der Waals surface area contributed by atoms with Crippen molar-refractivity contribution in [2.24, 2.45) is 4.99 Å². The van der Waals surface area contributed by atoms with Crippen molar-refractivity contribution in [2.45, 2.75) is 40.7 Å². The summed E-state index contributed by atoms with van der Waals surface area (Å²) in [4.78, 5) is 32.4. The zero-order valence-corrected chi connectivity index (χ0v) is 23.8. The molecule has 1 atom stereocenters. The number of carbonyl (C=O) groups excluding carboxylic acids is 1. The Balaban J connectivity index is 1.71. The summed E-state index contributed by atoms with van der Waals surface area (Å²) in [5.41, 5.74) is 4.78. The SMILES string of the molecule is CCOC(=O)C1=C(C)N=c2s/c(=C\c3cc(C)n(-c4ccc(F)cc4)c3C)c(=O)n2[C@H]1c1ccccc1OCC. The van der Waals surface area contributed by atoms with Gasteiger partial charge in [0.15, 0.2) is 4.80 Å². The number of carbonyl (C=O) groups is 1. The van der Waals surface area contributed by atoms with Gasteiger partial charge < -0.3 is 14.0 Å². The van der Waals surface area contributed by atoms with Gasteiger partial charge in [0.2, 0.25) is 0 Å². The van der Waals surface area contributed by atoms with Crippen molar-refractivity contribution >= 4 is 23.4 Å². The minimum Gasteiger partial charge on any atom is -0.494 e. The van der Waals surface area contributed by atoms with E-state index in [1.165, 1.54) is 23.5 Å². The van der Waals surface area contributed by atoms with E-state index in [1.807, 2.05) is 61.7 Å². The van der Waals surface area contributed by atoms with Gasteiger partial charge in [0.25, 0.3) is 5.56 Å². The maximum absolute atomic E-state index is 14.0. The third kappa shape index (κ3) is 4.81. The Labute approximate surface area is 235 Å². The van der Waals surface area contributed by atoms with Gasteiger partial charge in [0.1, 0.15) is 17.6 Å². The number of esters is 1. The van der Waals surface area contributed by atoms with Crippen LogP contribution in [-0.4, -0.2) is 28.3 Å². The van der Waals surface area contributed by atoms with Gasteiger partial charge in [-0.1, -0.05) is 29.5 Å². The first-order valence-electron chi connectivity index (χ1n) is 13.1. The Hall–Kier alpha value is -4.24. The summed E-state index contributed by atoms with van der Waals surface area (Å²) in [6.07, 6.45) is 1.85. The molecule has 2 aromatic heterocycles. The highest BCUT2D eigenvalue weighted by atomic mass is 32.1. The van der Waals surface area contributed by atoms with Crippen LogP contribution in [0, 0.1) is 19.7 Å². The zero-order valence-electron chi connectivity index (χ0n) is 23.0. The number of nitrogens with zero attached hydrogens (tertiary/aromatic N) is 3. The molecule has 2 aromatic carbocycles. The van der Waals surface area contributed by atoms with Gasteiger partial charge in [-0.2, -0.15) is 0 Å². The van der Waals surface area contributed by atoms with E-state index in [0.29, 0.717) is 38.5 Å². The summed E-state index contributed by atoms with van der Waals surface area (Å²) in [6.45, 7) is 9.95. The van der Waals surface area contributed by atoms with E-state index in [4.69, 9.17) is 9.47 Å². The molecule has 1 aliphatic rings. The predicted molar refractivity (Wildman–Crippen MR) is 153 cm³/mol. The normalized spacial score (nSPS) is 15.2. The molecule has 0 saturated carbocycles. The lowest BCUT2D eigenvalue weighted by atomic mass is 9.95. The number of benzene rings is 2. The van der Waals surface area contributed by atoms with E-state index in [-0.39, 0.29) is 18.0 Å². The highest BCUT2D eigenvalue weighted by Gasteiger charge is 2.35. The predicted octanol–water partition coefficient (Wildman–Crippen LogP) is 4.74. The standard InChI is InChI=1S/C31H30FN3O4S/c1-6-38-25-11-9-8-10-24(25)28-27(30(37)39-7-2)19(4)33-31-35(28)29(36)26(40-31)17-21-16-18(3)34(20(21)5)23-14-12-22(32)13-15-23/h8-17,28H,6-7H2,1-5H3/b26-17-/t28-/m0/s1. The second kappa shape index (κ2) is 11.1. The summed E-state index contributed by atoms with van der Waals surface area (Å²) in [5, 5.41) is 0. The first-order chi connectivity index (χ1) is 19.2. The molecule has 3 heterocycles. The van der Waals surface area contributed by atoms with E-state index in [9.17, 15) is 14.0 Å². The quantitative estimate of drug-likeness (QED) is 0.307. The van der Waals surface area contributed by atoms with Crippen LogP contribution in [0.1, 0.15) is 49.3 Å².